The van der Waals surface area contributed by atoms with E-state index in [2.05, 4.69) is 28.7 Å². The van der Waals surface area contributed by atoms with Crippen LogP contribution >= 0.6 is 24.0 Å². The van der Waals surface area contributed by atoms with E-state index < -0.39 is 5.60 Å². The van der Waals surface area contributed by atoms with Crippen LogP contribution in [0.2, 0.25) is 0 Å². The molecule has 5 nitrogen and oxygen atoms in total. The van der Waals surface area contributed by atoms with Crippen LogP contribution in [0.3, 0.4) is 0 Å². The molecule has 0 unspecified atom stereocenters. The van der Waals surface area contributed by atoms with Crippen molar-refractivity contribution in [2.24, 2.45) is 4.99 Å². The van der Waals surface area contributed by atoms with E-state index in [0.29, 0.717) is 32.6 Å². The van der Waals surface area contributed by atoms with Crippen LogP contribution in [0.4, 0.5) is 0 Å². The van der Waals surface area contributed by atoms with E-state index in [-0.39, 0.29) is 24.0 Å². The molecule has 1 fully saturated rings. The fourth-order valence-electron chi connectivity index (χ4n) is 2.18. The molecule has 0 atom stereocenters. The van der Waals surface area contributed by atoms with E-state index in [9.17, 15) is 5.11 Å². The van der Waals surface area contributed by atoms with E-state index in [4.69, 9.17) is 4.74 Å². The first-order valence-corrected chi connectivity index (χ1v) is 7.52. The monoisotopic (exact) mass is 411 g/mol. The van der Waals surface area contributed by atoms with Crippen LogP contribution < -0.4 is 5.32 Å². The minimum absolute atomic E-state index is 0. The normalized spacial score (nSPS) is 17.8. The molecule has 2 N–H and O–H groups in total. The molecule has 1 saturated heterocycles. The Morgan fingerprint density at radius 3 is 2.71 bits per heavy atom. The summed E-state index contributed by atoms with van der Waals surface area (Å²) in [5.41, 5.74) is -0.707. The van der Waals surface area contributed by atoms with Crippen LogP contribution in [0.15, 0.2) is 17.6 Å². The summed E-state index contributed by atoms with van der Waals surface area (Å²) in [6.07, 6.45) is 5.32. The van der Waals surface area contributed by atoms with Crippen molar-refractivity contribution in [3.63, 3.8) is 0 Å². The fraction of sp³-hybridized carbons (Fsp3) is 0.800. The molecule has 1 heterocycles. The molecule has 124 valence electrons. The summed E-state index contributed by atoms with van der Waals surface area (Å²) < 4.78 is 5.29. The van der Waals surface area contributed by atoms with Gasteiger partial charge < -0.3 is 20.1 Å². The van der Waals surface area contributed by atoms with Crippen LogP contribution in [-0.4, -0.2) is 61.5 Å². The van der Waals surface area contributed by atoms with Crippen molar-refractivity contribution in [2.75, 3.05) is 39.9 Å². The van der Waals surface area contributed by atoms with Gasteiger partial charge in [-0.3, -0.25) is 4.99 Å². The third kappa shape index (κ3) is 8.01. The molecule has 0 spiro atoms. The predicted octanol–water partition coefficient (Wildman–Crippen LogP) is 2.01. The first-order valence-electron chi connectivity index (χ1n) is 7.52. The lowest BCUT2D eigenvalue weighted by Crippen LogP contribution is -2.43. The third-order valence-corrected chi connectivity index (χ3v) is 3.54. The topological polar surface area (TPSA) is 57.1 Å². The standard InChI is InChI=1S/C15H29N3O2.HI/c1-4-6-7-10-18(3)14(16-5-2)17-13-15(19)8-11-20-12-9-15;/h4,19H,1,5-13H2,2-3H3,(H,16,17);1H. The minimum atomic E-state index is -0.707. The van der Waals surface area contributed by atoms with Crippen LogP contribution in [0.1, 0.15) is 32.6 Å². The van der Waals surface area contributed by atoms with Crippen LogP contribution in [0, 0.1) is 0 Å². The van der Waals surface area contributed by atoms with E-state index in [1.807, 2.05) is 13.1 Å². The van der Waals surface area contributed by atoms with Crippen molar-refractivity contribution in [3.05, 3.63) is 12.7 Å². The van der Waals surface area contributed by atoms with Gasteiger partial charge in [0.25, 0.3) is 0 Å². The summed E-state index contributed by atoms with van der Waals surface area (Å²) in [6, 6.07) is 0. The molecule has 0 aromatic carbocycles. The molecule has 1 aliphatic heterocycles. The van der Waals surface area contributed by atoms with Crippen molar-refractivity contribution >= 4 is 29.9 Å². The van der Waals surface area contributed by atoms with Gasteiger partial charge in [0.2, 0.25) is 0 Å². The van der Waals surface area contributed by atoms with Crippen molar-refractivity contribution in [1.82, 2.24) is 10.2 Å². The van der Waals surface area contributed by atoms with Gasteiger partial charge in [-0.05, 0) is 19.8 Å². The first kappa shape index (κ1) is 20.7. The Kier molecular flexibility index (Phi) is 11.1. The Bertz CT molecular complexity index is 318. The zero-order valence-electron chi connectivity index (χ0n) is 13.3. The Balaban J connectivity index is 0.00000400. The first-order chi connectivity index (χ1) is 9.61. The number of nitrogens with one attached hydrogen (secondary N) is 1. The number of allylic oxidation sites excluding steroid dienone is 1. The van der Waals surface area contributed by atoms with E-state index >= 15 is 0 Å². The molecule has 1 aliphatic rings. The summed E-state index contributed by atoms with van der Waals surface area (Å²) in [5, 5.41) is 13.7. The van der Waals surface area contributed by atoms with Gasteiger partial charge in [0.05, 0.1) is 12.1 Å². The highest BCUT2D eigenvalue weighted by molar-refractivity contribution is 14.0. The Labute approximate surface area is 145 Å². The van der Waals surface area contributed by atoms with Gasteiger partial charge in [-0.2, -0.15) is 0 Å². The van der Waals surface area contributed by atoms with Gasteiger partial charge in [0.15, 0.2) is 5.96 Å². The summed E-state index contributed by atoms with van der Waals surface area (Å²) in [5.74, 6) is 0.858. The molecule has 0 aromatic rings. The van der Waals surface area contributed by atoms with E-state index in [1.165, 1.54) is 0 Å². The summed E-state index contributed by atoms with van der Waals surface area (Å²) >= 11 is 0. The lowest BCUT2D eigenvalue weighted by atomic mass is 9.95. The zero-order valence-corrected chi connectivity index (χ0v) is 15.6. The largest absolute Gasteiger partial charge is 0.388 e. The van der Waals surface area contributed by atoms with Crippen molar-refractivity contribution < 1.29 is 9.84 Å². The number of nitrogens with zero attached hydrogens (tertiary/aromatic N) is 2. The molecule has 0 aliphatic carbocycles. The van der Waals surface area contributed by atoms with Gasteiger partial charge in [0.1, 0.15) is 0 Å². The predicted molar refractivity (Wildman–Crippen MR) is 98.5 cm³/mol. The zero-order chi connectivity index (χ0) is 14.8. The van der Waals surface area contributed by atoms with Gasteiger partial charge in [-0.1, -0.05) is 6.08 Å². The van der Waals surface area contributed by atoms with Gasteiger partial charge in [-0.25, -0.2) is 0 Å². The summed E-state index contributed by atoms with van der Waals surface area (Å²) in [4.78, 5) is 6.69. The van der Waals surface area contributed by atoms with E-state index in [1.54, 1.807) is 0 Å². The number of aliphatic imine (C=N–C) groups is 1. The average molecular weight is 411 g/mol. The number of ether oxygens (including phenoxy) is 1. The molecule has 0 saturated carbocycles. The highest BCUT2D eigenvalue weighted by atomic mass is 127. The van der Waals surface area contributed by atoms with Gasteiger partial charge in [0, 0.05) is 46.2 Å². The van der Waals surface area contributed by atoms with Gasteiger partial charge in [-0.15, -0.1) is 30.6 Å². The van der Waals surface area contributed by atoms with Gasteiger partial charge >= 0.3 is 0 Å². The molecule has 21 heavy (non-hydrogen) atoms. The fourth-order valence-corrected chi connectivity index (χ4v) is 2.18. The molecule has 0 amide bonds. The van der Waals surface area contributed by atoms with Crippen molar-refractivity contribution in [1.29, 1.82) is 0 Å². The number of hydrogen-bond acceptors (Lipinski definition) is 3. The number of unbranched alkanes of at least 4 members (excludes halogenated alkanes) is 1. The van der Waals surface area contributed by atoms with Crippen LogP contribution in [0.25, 0.3) is 0 Å². The second-order valence-electron chi connectivity index (χ2n) is 5.36. The van der Waals surface area contributed by atoms with Crippen LogP contribution in [-0.2, 0) is 4.74 Å². The molecular formula is C15H30IN3O2. The molecule has 0 radical (unpaired) electrons. The number of aliphatic hydroxyl groups is 1. The Morgan fingerprint density at radius 1 is 1.48 bits per heavy atom. The highest BCUT2D eigenvalue weighted by Crippen LogP contribution is 2.20. The number of rotatable bonds is 7. The number of guanidine groups is 1. The molecule has 0 bridgehead atoms. The second kappa shape index (κ2) is 11.3. The summed E-state index contributed by atoms with van der Waals surface area (Å²) in [7, 11) is 2.03. The number of halogens is 1. The minimum Gasteiger partial charge on any atom is -0.388 e. The average Bonchev–Trinajstić information content (AvgIpc) is 2.44. The van der Waals surface area contributed by atoms with Crippen molar-refractivity contribution in [2.45, 2.75) is 38.2 Å². The molecule has 1 rings (SSSR count). The number of hydrogen-bond donors (Lipinski definition) is 2. The Morgan fingerprint density at radius 2 is 2.14 bits per heavy atom. The lowest BCUT2D eigenvalue weighted by Gasteiger charge is -2.31. The smallest absolute Gasteiger partial charge is 0.193 e. The van der Waals surface area contributed by atoms with Crippen LogP contribution in [0.5, 0.6) is 0 Å². The van der Waals surface area contributed by atoms with Crippen molar-refractivity contribution in [3.8, 4) is 0 Å². The SMILES string of the molecule is C=CCCCN(C)C(=NCC1(O)CCOCC1)NCC.I. The Hall–Kier alpha value is -0.340. The molecule has 0 aromatic heterocycles. The quantitative estimate of drug-likeness (QED) is 0.221. The summed E-state index contributed by atoms with van der Waals surface area (Å²) in [6.45, 7) is 9.22. The second-order valence-corrected chi connectivity index (χ2v) is 5.36. The lowest BCUT2D eigenvalue weighted by molar-refractivity contribution is -0.0566. The maximum absolute atomic E-state index is 10.4. The molecular weight excluding hydrogens is 381 g/mol. The highest BCUT2D eigenvalue weighted by Gasteiger charge is 2.29. The third-order valence-electron chi connectivity index (χ3n) is 3.54. The molecule has 6 heteroatoms. The maximum Gasteiger partial charge on any atom is 0.193 e. The van der Waals surface area contributed by atoms with E-state index in [0.717, 1.165) is 31.9 Å². The maximum atomic E-state index is 10.4.